The number of aromatic nitrogens is 1. The maximum absolute atomic E-state index is 4.46. The third-order valence-electron chi connectivity index (χ3n) is 2.43. The van der Waals surface area contributed by atoms with Gasteiger partial charge in [-0.1, -0.05) is 0 Å². The zero-order valence-electron chi connectivity index (χ0n) is 8.07. The number of pyridine rings is 1. The molecule has 0 saturated heterocycles. The number of fused-ring (bicyclic) bond motifs is 1. The van der Waals surface area contributed by atoms with Gasteiger partial charge in [0.1, 0.15) is 0 Å². The Balaban J connectivity index is 2.65. The molecule has 1 nitrogen and oxygen atoms in total. The summed E-state index contributed by atoms with van der Waals surface area (Å²) in [4.78, 5) is 4.46. The first-order chi connectivity index (χ1) is 6.83. The molecule has 0 saturated carbocycles. The molecule has 68 valence electrons. The van der Waals surface area contributed by atoms with E-state index in [9.17, 15) is 0 Å². The van der Waals surface area contributed by atoms with Crippen LogP contribution in [0.5, 0.6) is 0 Å². The summed E-state index contributed by atoms with van der Waals surface area (Å²) < 4.78 is 0.730. The van der Waals surface area contributed by atoms with Crippen molar-refractivity contribution in [2.24, 2.45) is 0 Å². The number of hydrogen-bond donors (Lipinski definition) is 0. The van der Waals surface area contributed by atoms with Crippen LogP contribution in [0.15, 0.2) is 36.5 Å². The van der Waals surface area contributed by atoms with Crippen molar-refractivity contribution < 1.29 is 22.1 Å². The van der Waals surface area contributed by atoms with Gasteiger partial charge in [-0.05, 0) is 0 Å². The molecule has 0 aliphatic heterocycles. The number of benzene rings is 1. The Bertz CT molecular complexity index is 439. The Morgan fingerprint density at radius 3 is 2.86 bits per heavy atom. The summed E-state index contributed by atoms with van der Waals surface area (Å²) in [7, 11) is 0. The summed E-state index contributed by atoms with van der Waals surface area (Å²) in [5, 5.41) is 1.26. The zero-order valence-corrected chi connectivity index (χ0v) is 15.2. The van der Waals surface area contributed by atoms with Crippen molar-refractivity contribution in [3.8, 4) is 0 Å². The second-order valence-electron chi connectivity index (χ2n) is 3.48. The van der Waals surface area contributed by atoms with Crippen molar-refractivity contribution >= 4 is 22.8 Å². The van der Waals surface area contributed by atoms with Crippen LogP contribution in [0.25, 0.3) is 10.9 Å². The summed E-state index contributed by atoms with van der Waals surface area (Å²) in [6.07, 6.45) is 1.88. The Hall–Kier alpha value is 0.0451. The van der Waals surface area contributed by atoms with Gasteiger partial charge in [-0.25, -0.2) is 0 Å². The van der Waals surface area contributed by atoms with Crippen LogP contribution >= 0.6 is 11.9 Å². The average molecular weight is 437 g/mol. The van der Waals surface area contributed by atoms with E-state index in [1.807, 2.05) is 12.3 Å². The molecule has 2 aromatic rings. The van der Waals surface area contributed by atoms with Crippen LogP contribution in [0.1, 0.15) is 15.9 Å². The van der Waals surface area contributed by atoms with Gasteiger partial charge < -0.3 is 0 Å². The third-order valence-corrected chi connectivity index (χ3v) is 14.5. The summed E-state index contributed by atoms with van der Waals surface area (Å²) in [6.45, 7) is 2.31. The van der Waals surface area contributed by atoms with E-state index in [-0.39, 0.29) is 0 Å². The summed E-state index contributed by atoms with van der Waals surface area (Å²) in [5.41, 5.74) is 2.60. The van der Waals surface area contributed by atoms with Crippen LogP contribution in [0.2, 0.25) is 0 Å². The van der Waals surface area contributed by atoms with E-state index in [0.29, 0.717) is 0 Å². The van der Waals surface area contributed by atoms with Gasteiger partial charge in [0, 0.05) is 0 Å². The molecule has 0 bridgehead atoms. The van der Waals surface area contributed by atoms with Gasteiger partial charge in [0.25, 0.3) is 0 Å². The first-order valence-corrected chi connectivity index (χ1v) is 19.8. The Morgan fingerprint density at radius 2 is 2.07 bits per heavy atom. The van der Waals surface area contributed by atoms with Gasteiger partial charge in [-0.2, -0.15) is 0 Å². The molecule has 1 heterocycles. The van der Waals surface area contributed by atoms with E-state index in [4.69, 9.17) is 0 Å². The normalized spacial score (nSPS) is 12.4. The molecule has 1 atom stereocenters. The molecule has 0 N–H and O–H groups in total. The molecule has 1 unspecified atom stereocenters. The molecule has 0 fully saturated rings. The van der Waals surface area contributed by atoms with E-state index in [0.717, 1.165) is 3.43 Å². The van der Waals surface area contributed by atoms with E-state index in [1.54, 1.807) is 0 Å². The Labute approximate surface area is 102 Å². The molecule has 1 aromatic carbocycles. The zero-order chi connectivity index (χ0) is 9.97. The van der Waals surface area contributed by atoms with Crippen LogP contribution in [-0.2, 0) is 22.1 Å². The molecule has 3 heteroatoms. The standard InChI is InChI=1S/C11H10N.BrH.Hg/c1-2-9-5-3-6-10-7-4-8-12-11(9)10;;/h2-8H,1H3;1H;/q;;+1/p-1. The Morgan fingerprint density at radius 1 is 1.29 bits per heavy atom. The SMILES string of the molecule is C[CH]([Hg][Br])c1cccc2cccnc12. The van der Waals surface area contributed by atoms with Crippen molar-refractivity contribution in [1.29, 1.82) is 0 Å². The molecule has 0 aliphatic rings. The minimum absolute atomic E-state index is 0.730. The maximum atomic E-state index is 4.46. The first kappa shape index (κ1) is 10.6. The van der Waals surface area contributed by atoms with E-state index in [2.05, 4.69) is 48.1 Å². The van der Waals surface area contributed by atoms with Crippen LogP contribution in [0.3, 0.4) is 0 Å². The fourth-order valence-corrected chi connectivity index (χ4v) is 6.60. The average Bonchev–Trinajstić information content (AvgIpc) is 2.27. The van der Waals surface area contributed by atoms with Crippen molar-refractivity contribution in [3.63, 3.8) is 0 Å². The van der Waals surface area contributed by atoms with Gasteiger partial charge in [-0.15, -0.1) is 0 Å². The van der Waals surface area contributed by atoms with Crippen molar-refractivity contribution in [1.82, 2.24) is 4.98 Å². The molecule has 2 rings (SSSR count). The molecular weight excluding hydrogens is 427 g/mol. The summed E-state index contributed by atoms with van der Waals surface area (Å²) in [6, 6.07) is 10.6. The van der Waals surface area contributed by atoms with Crippen molar-refractivity contribution in [2.45, 2.75) is 10.4 Å². The van der Waals surface area contributed by atoms with Crippen LogP contribution in [0.4, 0.5) is 0 Å². The molecule has 14 heavy (non-hydrogen) atoms. The molecule has 0 aliphatic carbocycles. The third kappa shape index (κ3) is 2.01. The quantitative estimate of drug-likeness (QED) is 0.655. The minimum atomic E-state index is -0.866. The summed E-state index contributed by atoms with van der Waals surface area (Å²) in [5.74, 6) is 0. The first-order valence-electron chi connectivity index (χ1n) is 4.72. The van der Waals surface area contributed by atoms with Gasteiger partial charge in [0.15, 0.2) is 0 Å². The van der Waals surface area contributed by atoms with Gasteiger partial charge in [-0.3, -0.25) is 0 Å². The van der Waals surface area contributed by atoms with E-state index < -0.39 is 22.1 Å². The van der Waals surface area contributed by atoms with Gasteiger partial charge in [0.2, 0.25) is 0 Å². The topological polar surface area (TPSA) is 12.9 Å². The number of para-hydroxylation sites is 1. The van der Waals surface area contributed by atoms with Crippen molar-refractivity contribution in [3.05, 3.63) is 42.1 Å². The van der Waals surface area contributed by atoms with Gasteiger partial charge >= 0.3 is 102 Å². The summed E-state index contributed by atoms with van der Waals surface area (Å²) >= 11 is 2.87. The predicted molar refractivity (Wildman–Crippen MR) is 59.1 cm³/mol. The molecule has 0 spiro atoms. The number of hydrogen-bond acceptors (Lipinski definition) is 1. The fourth-order valence-electron chi connectivity index (χ4n) is 1.61. The van der Waals surface area contributed by atoms with Crippen LogP contribution in [0, 0.1) is 0 Å². The van der Waals surface area contributed by atoms with E-state index in [1.165, 1.54) is 16.5 Å². The van der Waals surface area contributed by atoms with Crippen LogP contribution < -0.4 is 0 Å². The van der Waals surface area contributed by atoms with Crippen LogP contribution in [-0.4, -0.2) is 4.98 Å². The molecular formula is C11H10BrHgN. The van der Waals surface area contributed by atoms with E-state index >= 15 is 0 Å². The molecule has 1 aromatic heterocycles. The second-order valence-corrected chi connectivity index (χ2v) is 15.1. The number of rotatable bonds is 2. The number of halogens is 1. The van der Waals surface area contributed by atoms with Crippen molar-refractivity contribution in [2.75, 3.05) is 0 Å². The predicted octanol–water partition coefficient (Wildman–Crippen LogP) is 3.69. The molecule has 0 amide bonds. The number of nitrogens with zero attached hydrogens (tertiary/aromatic N) is 1. The Kier molecular flexibility index (Phi) is 3.55. The monoisotopic (exact) mass is 437 g/mol. The molecule has 0 radical (unpaired) electrons. The van der Waals surface area contributed by atoms with Gasteiger partial charge in [0.05, 0.1) is 0 Å². The fraction of sp³-hybridized carbons (Fsp3) is 0.182. The second kappa shape index (κ2) is 4.71.